The Hall–Kier alpha value is 1.28. The van der Waals surface area contributed by atoms with Crippen molar-refractivity contribution in [1.82, 2.24) is 0 Å². The summed E-state index contributed by atoms with van der Waals surface area (Å²) in [4.78, 5) is 10.3. The SMILES string of the molecule is CCCCCCCCCCCCCCCC(=O)O.[H-].[Rb+]. The summed E-state index contributed by atoms with van der Waals surface area (Å²) < 4.78 is 0. The second kappa shape index (κ2) is 19.3. The van der Waals surface area contributed by atoms with Crippen LogP contribution < -0.4 is 58.2 Å². The second-order valence-electron chi connectivity index (χ2n) is 5.39. The molecule has 0 aliphatic carbocycles. The first-order valence-electron chi connectivity index (χ1n) is 7.99. The molecular weight excluding hydrogens is 310 g/mol. The molecule has 0 saturated heterocycles. The molecule has 0 rings (SSSR count). The topological polar surface area (TPSA) is 37.3 Å². The van der Waals surface area contributed by atoms with Crippen LogP contribution in [0.25, 0.3) is 0 Å². The van der Waals surface area contributed by atoms with Gasteiger partial charge in [0.15, 0.2) is 0 Å². The molecule has 0 amide bonds. The van der Waals surface area contributed by atoms with E-state index in [-0.39, 0.29) is 59.6 Å². The second-order valence-corrected chi connectivity index (χ2v) is 5.39. The molecule has 0 saturated carbocycles. The van der Waals surface area contributed by atoms with Crippen LogP contribution >= 0.6 is 0 Å². The summed E-state index contributed by atoms with van der Waals surface area (Å²) in [6, 6.07) is 0. The van der Waals surface area contributed by atoms with Crippen molar-refractivity contribution in [2.24, 2.45) is 0 Å². The van der Waals surface area contributed by atoms with Gasteiger partial charge in [-0.3, -0.25) is 4.79 Å². The first-order chi connectivity index (χ1) is 8.77. The van der Waals surface area contributed by atoms with Gasteiger partial charge in [-0.25, -0.2) is 0 Å². The first kappa shape index (κ1) is 22.6. The van der Waals surface area contributed by atoms with Crippen LogP contribution in [0.1, 0.15) is 98.2 Å². The number of unbranched alkanes of at least 4 members (excludes halogenated alkanes) is 12. The molecule has 110 valence electrons. The fourth-order valence-electron chi connectivity index (χ4n) is 2.29. The average molecular weight is 343 g/mol. The van der Waals surface area contributed by atoms with Gasteiger partial charge in [-0.15, -0.1) is 0 Å². The number of rotatable bonds is 14. The van der Waals surface area contributed by atoms with Crippen LogP contribution in [0.4, 0.5) is 0 Å². The van der Waals surface area contributed by atoms with Crippen molar-refractivity contribution in [3.05, 3.63) is 0 Å². The zero-order chi connectivity index (χ0) is 13.5. The summed E-state index contributed by atoms with van der Waals surface area (Å²) in [7, 11) is 0. The molecule has 0 bridgehead atoms. The molecule has 0 aromatic carbocycles. The zero-order valence-electron chi connectivity index (χ0n) is 14.3. The van der Waals surface area contributed by atoms with Gasteiger partial charge in [0.2, 0.25) is 0 Å². The predicted octanol–water partition coefficient (Wildman–Crippen LogP) is 2.67. The molecule has 0 fully saturated rings. The Labute approximate surface area is 170 Å². The monoisotopic (exact) mass is 342 g/mol. The summed E-state index contributed by atoms with van der Waals surface area (Å²) in [5.74, 6) is -0.655. The number of carboxylic acid groups (broad SMARTS) is 1. The summed E-state index contributed by atoms with van der Waals surface area (Å²) in [5, 5.41) is 8.49. The van der Waals surface area contributed by atoms with Gasteiger partial charge in [0, 0.05) is 6.42 Å². The molecule has 0 aliphatic heterocycles. The van der Waals surface area contributed by atoms with E-state index in [4.69, 9.17) is 5.11 Å². The summed E-state index contributed by atoms with van der Waals surface area (Å²) in [5.41, 5.74) is 0. The van der Waals surface area contributed by atoms with Gasteiger partial charge in [-0.1, -0.05) is 84.0 Å². The van der Waals surface area contributed by atoms with Gasteiger partial charge in [0.25, 0.3) is 0 Å². The molecule has 0 atom stereocenters. The normalized spacial score (nSPS) is 10.2. The molecule has 0 unspecified atom stereocenters. The maximum Gasteiger partial charge on any atom is 1.00 e. The Bertz CT molecular complexity index is 189. The predicted molar refractivity (Wildman–Crippen MR) is 79.1 cm³/mol. The molecular formula is C16H33O2Rb. The van der Waals surface area contributed by atoms with Gasteiger partial charge >= 0.3 is 64.2 Å². The molecule has 0 aliphatic rings. The number of aliphatic carboxylic acids is 1. The van der Waals surface area contributed by atoms with Crippen LogP contribution in [-0.4, -0.2) is 11.1 Å². The van der Waals surface area contributed by atoms with Crippen LogP contribution in [0.5, 0.6) is 0 Å². The van der Waals surface area contributed by atoms with Crippen molar-refractivity contribution in [2.75, 3.05) is 0 Å². The number of carbonyl (C=O) groups is 1. The number of hydrogen-bond acceptors (Lipinski definition) is 1. The smallest absolute Gasteiger partial charge is 1.00 e. The Morgan fingerprint density at radius 2 is 1.05 bits per heavy atom. The standard InChI is InChI=1S/C16H32O2.Rb.H/c1-2-3-4-5-6-7-8-9-10-11-12-13-14-15-16(17)18;;/h2-15H2,1H3,(H,17,18);;/q;+1;-1. The Morgan fingerprint density at radius 3 is 1.37 bits per heavy atom. The van der Waals surface area contributed by atoms with E-state index >= 15 is 0 Å². The number of carboxylic acids is 1. The summed E-state index contributed by atoms with van der Waals surface area (Å²) in [6.45, 7) is 2.26. The van der Waals surface area contributed by atoms with Crippen LogP contribution in [0.2, 0.25) is 0 Å². The number of hydrogen-bond donors (Lipinski definition) is 1. The molecule has 0 spiro atoms. The van der Waals surface area contributed by atoms with E-state index in [1.54, 1.807) is 0 Å². The van der Waals surface area contributed by atoms with Gasteiger partial charge in [0.05, 0.1) is 0 Å². The molecule has 1 N–H and O–H groups in total. The molecule has 0 aromatic rings. The van der Waals surface area contributed by atoms with E-state index in [1.165, 1.54) is 70.6 Å². The van der Waals surface area contributed by atoms with Gasteiger partial charge in [0.1, 0.15) is 0 Å². The fraction of sp³-hybridized carbons (Fsp3) is 0.938. The minimum absolute atomic E-state index is 0. The van der Waals surface area contributed by atoms with Crippen molar-refractivity contribution >= 4 is 5.97 Å². The maximum atomic E-state index is 10.3. The van der Waals surface area contributed by atoms with E-state index in [0.29, 0.717) is 6.42 Å². The molecule has 3 heteroatoms. The Kier molecular flexibility index (Phi) is 22.9. The average Bonchev–Trinajstić information content (AvgIpc) is 2.34. The Balaban J connectivity index is -0.00000144. The summed E-state index contributed by atoms with van der Waals surface area (Å²) >= 11 is 0. The maximum absolute atomic E-state index is 10.3. The van der Waals surface area contributed by atoms with Crippen molar-refractivity contribution in [2.45, 2.75) is 96.8 Å². The fourth-order valence-corrected chi connectivity index (χ4v) is 2.29. The van der Waals surface area contributed by atoms with Crippen LogP contribution in [0.3, 0.4) is 0 Å². The largest absolute Gasteiger partial charge is 1.00 e. The third-order valence-corrected chi connectivity index (χ3v) is 3.49. The summed E-state index contributed by atoms with van der Waals surface area (Å²) in [6.07, 6.45) is 17.3. The molecule has 0 aromatic heterocycles. The third kappa shape index (κ3) is 21.7. The van der Waals surface area contributed by atoms with Gasteiger partial charge in [-0.05, 0) is 6.42 Å². The van der Waals surface area contributed by atoms with Crippen LogP contribution in [0, 0.1) is 0 Å². The molecule has 0 heterocycles. The van der Waals surface area contributed by atoms with Gasteiger partial charge in [-0.2, -0.15) is 0 Å². The first-order valence-corrected chi connectivity index (χ1v) is 7.99. The Morgan fingerprint density at radius 1 is 0.737 bits per heavy atom. The van der Waals surface area contributed by atoms with Gasteiger partial charge < -0.3 is 6.53 Å². The van der Waals surface area contributed by atoms with Crippen molar-refractivity contribution in [1.29, 1.82) is 0 Å². The third-order valence-electron chi connectivity index (χ3n) is 3.49. The molecule has 0 radical (unpaired) electrons. The van der Waals surface area contributed by atoms with E-state index in [0.717, 1.165) is 12.8 Å². The van der Waals surface area contributed by atoms with E-state index in [2.05, 4.69) is 6.92 Å². The van der Waals surface area contributed by atoms with E-state index in [9.17, 15) is 4.79 Å². The van der Waals surface area contributed by atoms with Crippen LogP contribution in [0.15, 0.2) is 0 Å². The van der Waals surface area contributed by atoms with E-state index < -0.39 is 5.97 Å². The van der Waals surface area contributed by atoms with Crippen molar-refractivity contribution in [3.63, 3.8) is 0 Å². The zero-order valence-corrected chi connectivity index (χ0v) is 18.2. The molecule has 19 heavy (non-hydrogen) atoms. The minimum atomic E-state index is -0.655. The van der Waals surface area contributed by atoms with E-state index in [1.807, 2.05) is 0 Å². The minimum Gasteiger partial charge on any atom is -1.00 e. The van der Waals surface area contributed by atoms with Crippen molar-refractivity contribution < 1.29 is 69.5 Å². The van der Waals surface area contributed by atoms with Crippen LogP contribution in [-0.2, 0) is 4.79 Å². The van der Waals surface area contributed by atoms with Crippen molar-refractivity contribution in [3.8, 4) is 0 Å². The quantitative estimate of drug-likeness (QED) is 0.493. The molecule has 2 nitrogen and oxygen atoms in total.